The molecule has 2 heterocycles. The van der Waals surface area contributed by atoms with Crippen LogP contribution in [0, 0.1) is 5.92 Å². The van der Waals surface area contributed by atoms with Crippen molar-refractivity contribution in [3.63, 3.8) is 0 Å². The van der Waals surface area contributed by atoms with E-state index in [1.165, 1.54) is 11.1 Å². The van der Waals surface area contributed by atoms with Gasteiger partial charge in [-0.1, -0.05) is 24.3 Å². The number of ether oxygens (including phenoxy) is 2. The number of benzene rings is 1. The molecule has 1 aromatic rings. The molecule has 2 saturated heterocycles. The molecule has 2 aliphatic heterocycles. The van der Waals surface area contributed by atoms with E-state index < -0.39 is 6.29 Å². The molecule has 1 aromatic carbocycles. The van der Waals surface area contributed by atoms with Crippen LogP contribution in [0.15, 0.2) is 24.3 Å². The molecule has 0 bridgehead atoms. The Morgan fingerprint density at radius 2 is 1.71 bits per heavy atom. The van der Waals surface area contributed by atoms with Gasteiger partial charge in [0.15, 0.2) is 6.29 Å². The average Bonchev–Trinajstić information content (AvgIpc) is 3.48. The zero-order chi connectivity index (χ0) is 21.8. The van der Waals surface area contributed by atoms with Gasteiger partial charge in [0, 0.05) is 33.7 Å². The summed E-state index contributed by atoms with van der Waals surface area (Å²) in [6.07, 6.45) is 7.84. The highest BCUT2D eigenvalue weighted by Gasteiger charge is 2.42. The van der Waals surface area contributed by atoms with E-state index in [0.29, 0.717) is 25.4 Å². The molecule has 4 rings (SSSR count). The van der Waals surface area contributed by atoms with E-state index in [9.17, 15) is 9.59 Å². The fraction of sp³-hybridized carbons (Fsp3) is 0.680. The number of hydrogen-bond acceptors (Lipinski definition) is 4. The Balaban J connectivity index is 1.34. The van der Waals surface area contributed by atoms with Crippen molar-refractivity contribution in [3.05, 3.63) is 35.4 Å². The molecule has 31 heavy (non-hydrogen) atoms. The second-order valence-corrected chi connectivity index (χ2v) is 9.24. The van der Waals surface area contributed by atoms with Gasteiger partial charge in [-0.15, -0.1) is 0 Å². The number of likely N-dealkylation sites (tertiary alicyclic amines) is 2. The van der Waals surface area contributed by atoms with Crippen molar-refractivity contribution in [1.82, 2.24) is 9.80 Å². The molecule has 0 aromatic heterocycles. The van der Waals surface area contributed by atoms with E-state index in [0.717, 1.165) is 51.4 Å². The lowest BCUT2D eigenvalue weighted by atomic mass is 9.81. The van der Waals surface area contributed by atoms with Gasteiger partial charge in [-0.3, -0.25) is 9.59 Å². The maximum atomic E-state index is 13.4. The van der Waals surface area contributed by atoms with Crippen molar-refractivity contribution in [2.24, 2.45) is 5.92 Å². The van der Waals surface area contributed by atoms with Crippen LogP contribution in [0.25, 0.3) is 0 Å². The monoisotopic (exact) mass is 428 g/mol. The lowest BCUT2D eigenvalue weighted by molar-refractivity contribution is -0.161. The van der Waals surface area contributed by atoms with Gasteiger partial charge < -0.3 is 19.3 Å². The van der Waals surface area contributed by atoms with Crippen molar-refractivity contribution in [2.45, 2.75) is 76.2 Å². The Morgan fingerprint density at radius 1 is 1.00 bits per heavy atom. The Hall–Kier alpha value is -1.92. The fourth-order valence-corrected chi connectivity index (χ4v) is 5.76. The summed E-state index contributed by atoms with van der Waals surface area (Å²) in [4.78, 5) is 30.2. The van der Waals surface area contributed by atoms with Crippen LogP contribution in [0.4, 0.5) is 0 Å². The molecule has 170 valence electrons. The van der Waals surface area contributed by atoms with Crippen LogP contribution in [-0.2, 0) is 31.9 Å². The van der Waals surface area contributed by atoms with Gasteiger partial charge in [0.05, 0.1) is 6.04 Å². The van der Waals surface area contributed by atoms with Gasteiger partial charge in [0.1, 0.15) is 6.04 Å². The average molecular weight is 429 g/mol. The minimum atomic E-state index is -0.411. The number of carbonyl (C=O) groups is 2. The van der Waals surface area contributed by atoms with Crippen LogP contribution in [0.1, 0.15) is 56.1 Å². The highest BCUT2D eigenvalue weighted by atomic mass is 16.7. The van der Waals surface area contributed by atoms with Crippen molar-refractivity contribution in [2.75, 3.05) is 27.3 Å². The lowest BCUT2D eigenvalue weighted by Gasteiger charge is -2.34. The number of amides is 2. The highest BCUT2D eigenvalue weighted by Crippen LogP contribution is 2.30. The molecule has 3 atom stereocenters. The first kappa shape index (κ1) is 22.3. The first-order chi connectivity index (χ1) is 15.1. The Bertz CT molecular complexity index is 779. The molecule has 0 spiro atoms. The molecule has 0 N–H and O–H groups in total. The molecule has 6 nitrogen and oxygen atoms in total. The maximum Gasteiger partial charge on any atom is 0.245 e. The Morgan fingerprint density at radius 3 is 2.48 bits per heavy atom. The summed E-state index contributed by atoms with van der Waals surface area (Å²) in [7, 11) is 3.23. The first-order valence-electron chi connectivity index (χ1n) is 11.8. The number of rotatable bonds is 7. The third kappa shape index (κ3) is 4.80. The molecule has 1 aliphatic carbocycles. The molecule has 2 fully saturated rings. The molecule has 3 aliphatic rings. The third-order valence-electron chi connectivity index (χ3n) is 7.43. The van der Waals surface area contributed by atoms with Crippen LogP contribution in [0.5, 0.6) is 0 Å². The highest BCUT2D eigenvalue weighted by molar-refractivity contribution is 5.88. The summed E-state index contributed by atoms with van der Waals surface area (Å²) in [6, 6.07) is 8.27. The van der Waals surface area contributed by atoms with E-state index in [1.54, 1.807) is 14.2 Å². The quantitative estimate of drug-likeness (QED) is 0.626. The van der Waals surface area contributed by atoms with Gasteiger partial charge in [-0.25, -0.2) is 0 Å². The van der Waals surface area contributed by atoms with Crippen molar-refractivity contribution in [3.8, 4) is 0 Å². The smallest absolute Gasteiger partial charge is 0.245 e. The normalized spacial score (nSPS) is 25.8. The van der Waals surface area contributed by atoms with Crippen molar-refractivity contribution >= 4 is 11.8 Å². The van der Waals surface area contributed by atoms with Crippen LogP contribution in [-0.4, -0.2) is 67.3 Å². The number of aryl methyl sites for hydroxylation is 1. The van der Waals surface area contributed by atoms with Crippen molar-refractivity contribution in [1.29, 1.82) is 0 Å². The number of nitrogens with zero attached hydrogens (tertiary/aromatic N) is 2. The van der Waals surface area contributed by atoms with E-state index in [1.807, 2.05) is 9.80 Å². The van der Waals surface area contributed by atoms with Crippen LogP contribution >= 0.6 is 0 Å². The summed E-state index contributed by atoms with van der Waals surface area (Å²) >= 11 is 0. The minimum absolute atomic E-state index is 0.0673. The van der Waals surface area contributed by atoms with Gasteiger partial charge in [-0.05, 0) is 68.4 Å². The standard InChI is InChI=1S/C25H36N2O4/c1-30-25(31-2)22-10-6-16-27(22)24(29)21-9-5-15-26(21)23(28)14-12-18-11-13-19-7-3-4-8-20(19)17-18/h3-4,7-8,18,21-22,25H,5-6,9-17H2,1-2H3/t18-,21-,22?/m0/s1. The van der Waals surface area contributed by atoms with Crippen LogP contribution in [0.3, 0.4) is 0 Å². The van der Waals surface area contributed by atoms with Crippen LogP contribution in [0.2, 0.25) is 0 Å². The van der Waals surface area contributed by atoms with Crippen molar-refractivity contribution < 1.29 is 19.1 Å². The topological polar surface area (TPSA) is 59.1 Å². The zero-order valence-electron chi connectivity index (χ0n) is 18.9. The molecule has 1 unspecified atom stereocenters. The lowest BCUT2D eigenvalue weighted by Crippen LogP contribution is -2.52. The molecule has 0 radical (unpaired) electrons. The fourth-order valence-electron chi connectivity index (χ4n) is 5.76. The molecular weight excluding hydrogens is 392 g/mol. The predicted molar refractivity (Wildman–Crippen MR) is 118 cm³/mol. The SMILES string of the molecule is COC(OC)C1CCCN1C(=O)[C@@H]1CCCN1C(=O)CC[C@@H]1CCc2ccccc2C1. The minimum Gasteiger partial charge on any atom is -0.354 e. The number of hydrogen-bond donors (Lipinski definition) is 0. The number of carbonyl (C=O) groups excluding carboxylic acids is 2. The Kier molecular flexibility index (Phi) is 7.28. The molecule has 2 amide bonds. The summed E-state index contributed by atoms with van der Waals surface area (Å²) in [5.41, 5.74) is 2.90. The van der Waals surface area contributed by atoms with Crippen LogP contribution < -0.4 is 0 Å². The van der Waals surface area contributed by atoms with E-state index in [4.69, 9.17) is 9.47 Å². The second-order valence-electron chi connectivity index (χ2n) is 9.24. The van der Waals surface area contributed by atoms with E-state index >= 15 is 0 Å². The van der Waals surface area contributed by atoms with E-state index in [2.05, 4.69) is 24.3 Å². The van der Waals surface area contributed by atoms with Gasteiger partial charge in [0.2, 0.25) is 11.8 Å². The van der Waals surface area contributed by atoms with Gasteiger partial charge in [0.25, 0.3) is 0 Å². The predicted octanol–water partition coefficient (Wildman–Crippen LogP) is 3.17. The summed E-state index contributed by atoms with van der Waals surface area (Å²) < 4.78 is 10.9. The third-order valence-corrected chi connectivity index (χ3v) is 7.43. The number of fused-ring (bicyclic) bond motifs is 1. The number of methoxy groups -OCH3 is 2. The Labute approximate surface area is 185 Å². The van der Waals surface area contributed by atoms with Gasteiger partial charge >= 0.3 is 0 Å². The first-order valence-corrected chi connectivity index (χ1v) is 11.8. The second kappa shape index (κ2) is 10.1. The summed E-state index contributed by atoms with van der Waals surface area (Å²) in [5.74, 6) is 0.766. The zero-order valence-corrected chi connectivity index (χ0v) is 18.9. The molecular formula is C25H36N2O4. The molecule has 6 heteroatoms. The summed E-state index contributed by atoms with van der Waals surface area (Å²) in [6.45, 7) is 1.41. The van der Waals surface area contributed by atoms with E-state index in [-0.39, 0.29) is 23.9 Å². The largest absolute Gasteiger partial charge is 0.354 e. The summed E-state index contributed by atoms with van der Waals surface area (Å²) in [5, 5.41) is 0. The molecule has 0 saturated carbocycles. The maximum absolute atomic E-state index is 13.4. The van der Waals surface area contributed by atoms with Gasteiger partial charge in [-0.2, -0.15) is 0 Å².